The lowest BCUT2D eigenvalue weighted by atomic mass is 10.2. The fourth-order valence-corrected chi connectivity index (χ4v) is 3.52. The molecule has 0 atom stereocenters. The van der Waals surface area contributed by atoms with Gasteiger partial charge in [0.25, 0.3) is 15.9 Å². The molecule has 0 aliphatic carbocycles. The van der Waals surface area contributed by atoms with E-state index in [-0.39, 0.29) is 28.2 Å². The lowest BCUT2D eigenvalue weighted by Crippen LogP contribution is -2.31. The summed E-state index contributed by atoms with van der Waals surface area (Å²) in [5.41, 5.74) is 0.373. The average molecular weight is 431 g/mol. The van der Waals surface area contributed by atoms with Crippen molar-refractivity contribution in [1.29, 1.82) is 0 Å². The maximum Gasteiger partial charge on any atom is 0.261 e. The molecule has 27 heavy (non-hydrogen) atoms. The zero-order valence-corrected chi connectivity index (χ0v) is 17.2. The van der Waals surface area contributed by atoms with Gasteiger partial charge in [-0.15, -0.1) is 0 Å². The summed E-state index contributed by atoms with van der Waals surface area (Å²) >= 11 is 11.9. The predicted octanol–water partition coefficient (Wildman–Crippen LogP) is 3.95. The lowest BCUT2D eigenvalue weighted by molar-refractivity contribution is -0.123. The van der Waals surface area contributed by atoms with Crippen LogP contribution in [0.15, 0.2) is 47.4 Å². The van der Waals surface area contributed by atoms with Crippen LogP contribution in [-0.4, -0.2) is 27.5 Å². The SMILES string of the molecule is CC(C)CNC(=O)COc1ccc(S(=O)(=O)Nc2ccc(Cl)cc2)cc1Cl. The first kappa shape index (κ1) is 21.3. The van der Waals surface area contributed by atoms with Crippen molar-refractivity contribution >= 4 is 44.8 Å². The zero-order valence-electron chi connectivity index (χ0n) is 14.8. The van der Waals surface area contributed by atoms with Gasteiger partial charge in [-0.05, 0) is 48.4 Å². The van der Waals surface area contributed by atoms with E-state index in [0.29, 0.717) is 23.2 Å². The molecule has 0 aliphatic rings. The van der Waals surface area contributed by atoms with Crippen LogP contribution in [0.1, 0.15) is 13.8 Å². The van der Waals surface area contributed by atoms with Crippen LogP contribution in [0.3, 0.4) is 0 Å². The Bertz CT molecular complexity index is 900. The summed E-state index contributed by atoms with van der Waals surface area (Å²) in [6.45, 7) is 4.30. The van der Waals surface area contributed by atoms with Crippen LogP contribution in [0.4, 0.5) is 5.69 Å². The molecule has 2 rings (SSSR count). The number of carbonyl (C=O) groups is 1. The van der Waals surface area contributed by atoms with Gasteiger partial charge in [0.05, 0.1) is 9.92 Å². The minimum Gasteiger partial charge on any atom is -0.482 e. The van der Waals surface area contributed by atoms with Gasteiger partial charge in [-0.2, -0.15) is 0 Å². The minimum atomic E-state index is -3.83. The van der Waals surface area contributed by atoms with E-state index in [1.165, 1.54) is 18.2 Å². The summed E-state index contributed by atoms with van der Waals surface area (Å²) in [4.78, 5) is 11.7. The first-order valence-electron chi connectivity index (χ1n) is 8.15. The smallest absolute Gasteiger partial charge is 0.261 e. The number of anilines is 1. The summed E-state index contributed by atoms with van der Waals surface area (Å²) in [7, 11) is -3.83. The standard InChI is InChI=1S/C18H20Cl2N2O4S/c1-12(2)10-21-18(23)11-26-17-8-7-15(9-16(17)20)27(24,25)22-14-5-3-13(19)4-6-14/h3-9,12,22H,10-11H2,1-2H3,(H,21,23). The van der Waals surface area contributed by atoms with E-state index < -0.39 is 10.0 Å². The summed E-state index contributed by atoms with van der Waals surface area (Å²) < 4.78 is 32.7. The number of hydrogen-bond acceptors (Lipinski definition) is 4. The average Bonchev–Trinajstić information content (AvgIpc) is 2.60. The highest BCUT2D eigenvalue weighted by molar-refractivity contribution is 7.92. The Morgan fingerprint density at radius 3 is 2.37 bits per heavy atom. The van der Waals surface area contributed by atoms with E-state index in [2.05, 4.69) is 10.0 Å². The quantitative estimate of drug-likeness (QED) is 0.663. The summed E-state index contributed by atoms with van der Waals surface area (Å²) in [5.74, 6) is 0.276. The number of rotatable bonds is 8. The van der Waals surface area contributed by atoms with Gasteiger partial charge < -0.3 is 10.1 Å². The molecule has 0 bridgehead atoms. The molecule has 9 heteroatoms. The fourth-order valence-electron chi connectivity index (χ4n) is 2.01. The molecule has 0 unspecified atom stereocenters. The third kappa shape index (κ3) is 6.61. The molecule has 6 nitrogen and oxygen atoms in total. The van der Waals surface area contributed by atoms with Crippen molar-refractivity contribution in [2.45, 2.75) is 18.7 Å². The molecular formula is C18H20Cl2N2O4S. The maximum atomic E-state index is 12.5. The summed E-state index contributed by atoms with van der Waals surface area (Å²) in [6, 6.07) is 10.3. The number of ether oxygens (including phenoxy) is 1. The number of halogens is 2. The van der Waals surface area contributed by atoms with E-state index in [1.807, 2.05) is 13.8 Å². The van der Waals surface area contributed by atoms with Gasteiger partial charge in [-0.1, -0.05) is 37.0 Å². The number of nitrogens with one attached hydrogen (secondary N) is 2. The van der Waals surface area contributed by atoms with Crippen LogP contribution in [0.25, 0.3) is 0 Å². The van der Waals surface area contributed by atoms with E-state index in [1.54, 1.807) is 24.3 Å². The molecule has 0 spiro atoms. The van der Waals surface area contributed by atoms with Crippen LogP contribution < -0.4 is 14.8 Å². The van der Waals surface area contributed by atoms with Gasteiger partial charge >= 0.3 is 0 Å². The number of benzene rings is 2. The molecule has 0 heterocycles. The van der Waals surface area contributed by atoms with Gasteiger partial charge in [0.1, 0.15) is 5.75 Å². The van der Waals surface area contributed by atoms with E-state index in [9.17, 15) is 13.2 Å². The second kappa shape index (κ2) is 9.30. The Kier molecular flexibility index (Phi) is 7.35. The topological polar surface area (TPSA) is 84.5 Å². The second-order valence-corrected chi connectivity index (χ2v) is 8.72. The third-order valence-corrected chi connectivity index (χ3v) is 5.30. The first-order valence-corrected chi connectivity index (χ1v) is 10.4. The van der Waals surface area contributed by atoms with Crippen molar-refractivity contribution in [2.24, 2.45) is 5.92 Å². The van der Waals surface area contributed by atoms with Crippen molar-refractivity contribution in [2.75, 3.05) is 17.9 Å². The largest absolute Gasteiger partial charge is 0.482 e. The molecule has 146 valence electrons. The van der Waals surface area contributed by atoms with E-state index in [4.69, 9.17) is 27.9 Å². The summed E-state index contributed by atoms with van der Waals surface area (Å²) in [6.07, 6.45) is 0. The van der Waals surface area contributed by atoms with Gasteiger partial charge in [0, 0.05) is 17.3 Å². The van der Waals surface area contributed by atoms with Gasteiger partial charge in [0.15, 0.2) is 6.61 Å². The monoisotopic (exact) mass is 430 g/mol. The number of hydrogen-bond donors (Lipinski definition) is 2. The van der Waals surface area contributed by atoms with Gasteiger partial charge in [-0.3, -0.25) is 9.52 Å². The van der Waals surface area contributed by atoms with Gasteiger partial charge in [-0.25, -0.2) is 8.42 Å². The molecule has 0 radical (unpaired) electrons. The van der Waals surface area contributed by atoms with E-state index in [0.717, 1.165) is 0 Å². The Labute approximate surface area is 168 Å². The number of carbonyl (C=O) groups excluding carboxylic acids is 1. The first-order chi connectivity index (χ1) is 12.7. The van der Waals surface area contributed by atoms with Crippen LogP contribution in [-0.2, 0) is 14.8 Å². The molecule has 2 N–H and O–H groups in total. The van der Waals surface area contributed by atoms with Crippen molar-refractivity contribution in [3.63, 3.8) is 0 Å². The Morgan fingerprint density at radius 2 is 1.78 bits per heavy atom. The van der Waals surface area contributed by atoms with Crippen LogP contribution in [0.2, 0.25) is 10.0 Å². The Morgan fingerprint density at radius 1 is 1.11 bits per heavy atom. The van der Waals surface area contributed by atoms with Crippen molar-refractivity contribution in [3.8, 4) is 5.75 Å². The van der Waals surface area contributed by atoms with E-state index >= 15 is 0 Å². The number of amides is 1. The van der Waals surface area contributed by atoms with Crippen LogP contribution in [0, 0.1) is 5.92 Å². The third-order valence-electron chi connectivity index (χ3n) is 3.38. The molecule has 0 aromatic heterocycles. The molecule has 0 saturated carbocycles. The lowest BCUT2D eigenvalue weighted by Gasteiger charge is -2.12. The fraction of sp³-hybridized carbons (Fsp3) is 0.278. The molecule has 0 fully saturated rings. The Balaban J connectivity index is 2.04. The van der Waals surface area contributed by atoms with Crippen LogP contribution >= 0.6 is 23.2 Å². The highest BCUT2D eigenvalue weighted by Gasteiger charge is 2.17. The predicted molar refractivity (Wildman–Crippen MR) is 107 cm³/mol. The minimum absolute atomic E-state index is 0.0286. The Hall–Kier alpha value is -1.96. The molecular weight excluding hydrogens is 411 g/mol. The van der Waals surface area contributed by atoms with Crippen molar-refractivity contribution < 1.29 is 17.9 Å². The van der Waals surface area contributed by atoms with Crippen molar-refractivity contribution in [3.05, 3.63) is 52.5 Å². The highest BCUT2D eigenvalue weighted by Crippen LogP contribution is 2.28. The number of sulfonamides is 1. The highest BCUT2D eigenvalue weighted by atomic mass is 35.5. The molecule has 0 saturated heterocycles. The molecule has 0 aliphatic heterocycles. The zero-order chi connectivity index (χ0) is 20.0. The molecule has 2 aromatic rings. The summed E-state index contributed by atoms with van der Waals surface area (Å²) in [5, 5.41) is 3.30. The van der Waals surface area contributed by atoms with Crippen LogP contribution in [0.5, 0.6) is 5.75 Å². The second-order valence-electron chi connectivity index (χ2n) is 6.19. The normalized spacial score (nSPS) is 11.3. The van der Waals surface area contributed by atoms with Crippen molar-refractivity contribution in [1.82, 2.24) is 5.32 Å². The molecule has 1 amide bonds. The molecule has 2 aromatic carbocycles. The van der Waals surface area contributed by atoms with Gasteiger partial charge in [0.2, 0.25) is 0 Å². The maximum absolute atomic E-state index is 12.5.